The molecule has 5 rings (SSSR count). The SMILES string of the molecule is CCC(Nc1nc(N)nc(C)c1/C=C/C(=O)N1CCOCC1)c1nc2cccc(C)c2c(=O)n1-c1ccccc1. The monoisotopic (exact) mass is 539 g/mol. The van der Waals surface area contributed by atoms with Crippen molar-refractivity contribution in [2.75, 3.05) is 37.4 Å². The summed E-state index contributed by atoms with van der Waals surface area (Å²) in [7, 11) is 0. The Labute approximate surface area is 232 Å². The van der Waals surface area contributed by atoms with Gasteiger partial charge in [0.05, 0.1) is 41.5 Å². The summed E-state index contributed by atoms with van der Waals surface area (Å²) in [5, 5.41) is 4.05. The fourth-order valence-electron chi connectivity index (χ4n) is 4.94. The summed E-state index contributed by atoms with van der Waals surface area (Å²) in [6, 6.07) is 14.7. The van der Waals surface area contributed by atoms with Gasteiger partial charge in [-0.25, -0.2) is 9.97 Å². The van der Waals surface area contributed by atoms with Gasteiger partial charge in [0.15, 0.2) is 0 Å². The Morgan fingerprint density at radius 3 is 2.55 bits per heavy atom. The fourth-order valence-corrected chi connectivity index (χ4v) is 4.94. The zero-order valence-electron chi connectivity index (χ0n) is 22.9. The van der Waals surface area contributed by atoms with Crippen LogP contribution in [0.2, 0.25) is 0 Å². The van der Waals surface area contributed by atoms with Crippen molar-refractivity contribution in [3.63, 3.8) is 0 Å². The first-order valence-electron chi connectivity index (χ1n) is 13.4. The lowest BCUT2D eigenvalue weighted by molar-refractivity contribution is -0.129. The van der Waals surface area contributed by atoms with Crippen LogP contribution in [0.25, 0.3) is 22.7 Å². The van der Waals surface area contributed by atoms with Gasteiger partial charge in [0.2, 0.25) is 11.9 Å². The molecule has 3 N–H and O–H groups in total. The van der Waals surface area contributed by atoms with Crippen molar-refractivity contribution in [1.29, 1.82) is 0 Å². The number of rotatable bonds is 7. The molecule has 2 aromatic carbocycles. The van der Waals surface area contributed by atoms with E-state index in [0.29, 0.717) is 66.5 Å². The highest BCUT2D eigenvalue weighted by atomic mass is 16.5. The number of hydrogen-bond acceptors (Lipinski definition) is 8. The Kier molecular flexibility index (Phi) is 7.88. The van der Waals surface area contributed by atoms with Gasteiger partial charge in [-0.1, -0.05) is 37.3 Å². The molecule has 1 saturated heterocycles. The first-order chi connectivity index (χ1) is 19.4. The van der Waals surface area contributed by atoms with Crippen molar-refractivity contribution >= 4 is 34.7 Å². The van der Waals surface area contributed by atoms with Crippen LogP contribution in [0.3, 0.4) is 0 Å². The molecular formula is C30H33N7O3. The van der Waals surface area contributed by atoms with Gasteiger partial charge < -0.3 is 20.7 Å². The lowest BCUT2D eigenvalue weighted by Crippen LogP contribution is -2.39. The summed E-state index contributed by atoms with van der Waals surface area (Å²) in [6.07, 6.45) is 3.83. The maximum absolute atomic E-state index is 13.9. The van der Waals surface area contributed by atoms with Crippen LogP contribution in [0.5, 0.6) is 0 Å². The van der Waals surface area contributed by atoms with Crippen molar-refractivity contribution < 1.29 is 9.53 Å². The number of benzene rings is 2. The highest BCUT2D eigenvalue weighted by Crippen LogP contribution is 2.28. The molecule has 1 amide bonds. The van der Waals surface area contributed by atoms with Gasteiger partial charge in [0, 0.05) is 24.7 Å². The number of carbonyl (C=O) groups excluding carboxylic acids is 1. The first kappa shape index (κ1) is 27.0. The van der Waals surface area contributed by atoms with Crippen molar-refractivity contribution in [1.82, 2.24) is 24.4 Å². The Hall–Kier alpha value is -4.57. The molecule has 1 fully saturated rings. The van der Waals surface area contributed by atoms with E-state index in [2.05, 4.69) is 15.3 Å². The number of para-hydroxylation sites is 1. The standard InChI is InChI=1S/C30H33N7O3/c1-4-23(28-34-24-12-8-9-19(2)26(24)29(39)37(28)21-10-6-5-7-11-21)33-27-22(20(3)32-30(31)35-27)13-14-25(38)36-15-17-40-18-16-36/h5-14,23H,4,15-18H2,1-3H3,(H3,31,32,33,35)/b14-13+. The summed E-state index contributed by atoms with van der Waals surface area (Å²) in [5.41, 5.74) is 9.38. The predicted octanol–water partition coefficient (Wildman–Crippen LogP) is 3.81. The topological polar surface area (TPSA) is 128 Å². The number of nitrogen functional groups attached to an aromatic ring is 1. The minimum absolute atomic E-state index is 0.106. The minimum Gasteiger partial charge on any atom is -0.378 e. The van der Waals surface area contributed by atoms with E-state index >= 15 is 0 Å². The number of ether oxygens (including phenoxy) is 1. The second-order valence-corrected chi connectivity index (χ2v) is 9.72. The molecule has 0 spiro atoms. The number of aromatic nitrogens is 4. The molecule has 10 nitrogen and oxygen atoms in total. The van der Waals surface area contributed by atoms with E-state index in [1.54, 1.807) is 15.5 Å². The van der Waals surface area contributed by atoms with Crippen LogP contribution in [0, 0.1) is 13.8 Å². The van der Waals surface area contributed by atoms with Crippen LogP contribution < -0.4 is 16.6 Å². The van der Waals surface area contributed by atoms with Crippen LogP contribution >= 0.6 is 0 Å². The normalized spacial score (nSPS) is 14.5. The number of fused-ring (bicyclic) bond motifs is 1. The molecule has 2 aromatic heterocycles. The van der Waals surface area contributed by atoms with Crippen LogP contribution in [-0.4, -0.2) is 56.6 Å². The maximum atomic E-state index is 13.9. The highest BCUT2D eigenvalue weighted by Gasteiger charge is 2.23. The molecule has 40 heavy (non-hydrogen) atoms. The number of anilines is 2. The number of nitrogens with zero attached hydrogens (tertiary/aromatic N) is 5. The third-order valence-electron chi connectivity index (χ3n) is 7.05. The number of morpholine rings is 1. The van der Waals surface area contributed by atoms with Crippen LogP contribution in [0.4, 0.5) is 11.8 Å². The summed E-state index contributed by atoms with van der Waals surface area (Å²) < 4.78 is 7.01. The summed E-state index contributed by atoms with van der Waals surface area (Å²) in [4.78, 5) is 42.3. The summed E-state index contributed by atoms with van der Waals surface area (Å²) in [5.74, 6) is 1.00. The van der Waals surface area contributed by atoms with Gasteiger partial charge in [-0.3, -0.25) is 14.2 Å². The number of nitrogens with two attached hydrogens (primary N) is 1. The molecule has 0 bridgehead atoms. The third kappa shape index (κ3) is 5.43. The Morgan fingerprint density at radius 2 is 1.82 bits per heavy atom. The van der Waals surface area contributed by atoms with E-state index in [4.69, 9.17) is 15.5 Å². The molecule has 206 valence electrons. The Morgan fingerprint density at radius 1 is 1.07 bits per heavy atom. The molecule has 1 unspecified atom stereocenters. The number of nitrogens with one attached hydrogen (secondary N) is 1. The number of aryl methyl sites for hydroxylation is 2. The molecule has 10 heteroatoms. The van der Waals surface area contributed by atoms with E-state index in [0.717, 1.165) is 11.3 Å². The lowest BCUT2D eigenvalue weighted by atomic mass is 10.1. The van der Waals surface area contributed by atoms with Crippen molar-refractivity contribution in [2.45, 2.75) is 33.2 Å². The average molecular weight is 540 g/mol. The van der Waals surface area contributed by atoms with Crippen molar-refractivity contribution in [3.05, 3.63) is 87.6 Å². The minimum atomic E-state index is -0.409. The van der Waals surface area contributed by atoms with E-state index in [1.165, 1.54) is 6.08 Å². The van der Waals surface area contributed by atoms with Gasteiger partial charge in [-0.05, 0) is 50.1 Å². The van der Waals surface area contributed by atoms with Crippen LogP contribution in [0.1, 0.15) is 42.0 Å². The van der Waals surface area contributed by atoms with Gasteiger partial charge in [-0.2, -0.15) is 4.98 Å². The maximum Gasteiger partial charge on any atom is 0.266 e. The summed E-state index contributed by atoms with van der Waals surface area (Å²) in [6.45, 7) is 7.89. The van der Waals surface area contributed by atoms with E-state index in [9.17, 15) is 9.59 Å². The van der Waals surface area contributed by atoms with E-state index in [1.807, 2.05) is 69.3 Å². The highest BCUT2D eigenvalue weighted by molar-refractivity contribution is 5.93. The molecule has 3 heterocycles. The zero-order chi connectivity index (χ0) is 28.2. The average Bonchev–Trinajstić information content (AvgIpc) is 2.96. The molecule has 0 saturated carbocycles. The van der Waals surface area contributed by atoms with Crippen molar-refractivity contribution in [3.8, 4) is 5.69 Å². The van der Waals surface area contributed by atoms with Gasteiger partial charge >= 0.3 is 0 Å². The molecule has 1 atom stereocenters. The number of amides is 1. The third-order valence-corrected chi connectivity index (χ3v) is 7.05. The molecule has 0 radical (unpaired) electrons. The second kappa shape index (κ2) is 11.7. The number of carbonyl (C=O) groups is 1. The molecule has 0 aliphatic carbocycles. The summed E-state index contributed by atoms with van der Waals surface area (Å²) >= 11 is 0. The lowest BCUT2D eigenvalue weighted by Gasteiger charge is -2.25. The molecule has 4 aromatic rings. The van der Waals surface area contributed by atoms with Gasteiger partial charge in [0.25, 0.3) is 5.56 Å². The Balaban J connectivity index is 1.59. The predicted molar refractivity (Wildman–Crippen MR) is 156 cm³/mol. The molecule has 1 aliphatic rings. The van der Waals surface area contributed by atoms with Crippen LogP contribution in [-0.2, 0) is 9.53 Å². The van der Waals surface area contributed by atoms with Crippen molar-refractivity contribution in [2.24, 2.45) is 0 Å². The van der Waals surface area contributed by atoms with Gasteiger partial charge in [0.1, 0.15) is 11.6 Å². The molecular weight excluding hydrogens is 506 g/mol. The Bertz CT molecular complexity index is 1630. The van der Waals surface area contributed by atoms with Gasteiger partial charge in [-0.15, -0.1) is 0 Å². The molecule has 1 aliphatic heterocycles. The fraction of sp³-hybridized carbons (Fsp3) is 0.300. The smallest absolute Gasteiger partial charge is 0.266 e. The zero-order valence-corrected chi connectivity index (χ0v) is 22.9. The first-order valence-corrected chi connectivity index (χ1v) is 13.4. The number of hydrogen-bond donors (Lipinski definition) is 2. The quantitative estimate of drug-likeness (QED) is 0.339. The largest absolute Gasteiger partial charge is 0.378 e. The van der Waals surface area contributed by atoms with E-state index in [-0.39, 0.29) is 17.4 Å². The second-order valence-electron chi connectivity index (χ2n) is 9.72. The van der Waals surface area contributed by atoms with E-state index < -0.39 is 6.04 Å². The van der Waals surface area contributed by atoms with Crippen LogP contribution in [0.15, 0.2) is 59.4 Å².